The van der Waals surface area contributed by atoms with E-state index in [0.29, 0.717) is 12.4 Å². The van der Waals surface area contributed by atoms with Gasteiger partial charge in [-0.3, -0.25) is 0 Å². The fraction of sp³-hybridized carbons (Fsp3) is 0.0870. The molecule has 138 valence electrons. The van der Waals surface area contributed by atoms with E-state index in [0.717, 1.165) is 44.4 Å². The number of ether oxygens (including phenoxy) is 1. The normalized spacial score (nSPS) is 14.8. The molecule has 28 heavy (non-hydrogen) atoms. The first-order valence-electron chi connectivity index (χ1n) is 9.04. The van der Waals surface area contributed by atoms with Gasteiger partial charge in [-0.15, -0.1) is 0 Å². The van der Waals surface area contributed by atoms with Crippen molar-refractivity contribution < 1.29 is 9.13 Å². The number of hydrogen-bond donors (Lipinski definition) is 2. The van der Waals surface area contributed by atoms with Gasteiger partial charge in [0.1, 0.15) is 18.2 Å². The van der Waals surface area contributed by atoms with Crippen LogP contribution >= 0.6 is 0 Å². The number of hydrogen-bond acceptors (Lipinski definition) is 2. The molecule has 5 heteroatoms. The number of rotatable bonds is 1. The molecule has 0 amide bonds. The highest BCUT2D eigenvalue weighted by atomic mass is 19.1. The number of allylic oxidation sites excluding steroid dienone is 1. The highest BCUT2D eigenvalue weighted by molar-refractivity contribution is 6.01. The van der Waals surface area contributed by atoms with Crippen LogP contribution in [0.2, 0.25) is 0 Å². The molecule has 3 aromatic carbocycles. The second-order valence-electron chi connectivity index (χ2n) is 6.93. The summed E-state index contributed by atoms with van der Waals surface area (Å²) < 4.78 is 19.8. The summed E-state index contributed by atoms with van der Waals surface area (Å²) in [6.45, 7) is 2.42. The third-order valence-corrected chi connectivity index (χ3v) is 5.21. The van der Waals surface area contributed by atoms with Gasteiger partial charge in [0.05, 0.1) is 11.0 Å². The van der Waals surface area contributed by atoms with Crippen molar-refractivity contribution in [1.82, 2.24) is 9.97 Å². The minimum atomic E-state index is -0.326. The van der Waals surface area contributed by atoms with Crippen molar-refractivity contribution in [3.63, 3.8) is 0 Å². The fourth-order valence-electron chi connectivity index (χ4n) is 3.83. The third kappa shape index (κ3) is 2.63. The summed E-state index contributed by atoms with van der Waals surface area (Å²) in [5, 5.41) is 0. The predicted molar refractivity (Wildman–Crippen MR) is 108 cm³/mol. The van der Waals surface area contributed by atoms with Crippen LogP contribution in [0, 0.1) is 5.82 Å². The van der Waals surface area contributed by atoms with Crippen molar-refractivity contribution in [3.05, 3.63) is 99.2 Å². The maximum Gasteiger partial charge on any atom is 0.323 e. The van der Waals surface area contributed by atoms with Crippen molar-refractivity contribution in [2.24, 2.45) is 0 Å². The second-order valence-corrected chi connectivity index (χ2v) is 6.93. The lowest BCUT2D eigenvalue weighted by Crippen LogP contribution is -1.99. The van der Waals surface area contributed by atoms with Crippen LogP contribution in [0.15, 0.2) is 65.5 Å². The maximum atomic E-state index is 13.9. The topological polar surface area (TPSA) is 57.9 Å². The Bertz CT molecular complexity index is 1310. The number of aromatic nitrogens is 2. The van der Waals surface area contributed by atoms with Crippen molar-refractivity contribution in [3.8, 4) is 5.75 Å². The van der Waals surface area contributed by atoms with Gasteiger partial charge in [-0.05, 0) is 59.0 Å². The number of benzene rings is 3. The van der Waals surface area contributed by atoms with Gasteiger partial charge in [0, 0.05) is 11.6 Å². The van der Waals surface area contributed by atoms with Gasteiger partial charge < -0.3 is 14.7 Å². The summed E-state index contributed by atoms with van der Waals surface area (Å²) in [5.41, 5.74) is 7.24. The van der Waals surface area contributed by atoms with Gasteiger partial charge in [0.15, 0.2) is 0 Å². The van der Waals surface area contributed by atoms with Gasteiger partial charge in [-0.1, -0.05) is 30.3 Å². The molecule has 0 fully saturated rings. The van der Waals surface area contributed by atoms with Crippen LogP contribution in [-0.4, -0.2) is 9.97 Å². The molecule has 0 atom stereocenters. The first-order valence-corrected chi connectivity index (χ1v) is 9.04. The summed E-state index contributed by atoms with van der Waals surface area (Å²) in [5.74, 6) is 0.203. The Morgan fingerprint density at radius 1 is 0.964 bits per heavy atom. The zero-order valence-corrected chi connectivity index (χ0v) is 15.2. The molecule has 2 heterocycles. The monoisotopic (exact) mass is 372 g/mol. The summed E-state index contributed by atoms with van der Waals surface area (Å²) in [6.07, 6.45) is 0. The highest BCUT2D eigenvalue weighted by Crippen LogP contribution is 2.41. The molecule has 4 aromatic rings. The summed E-state index contributed by atoms with van der Waals surface area (Å²) in [4.78, 5) is 17.2. The molecule has 5 rings (SSSR count). The lowest BCUT2D eigenvalue weighted by molar-refractivity contribution is 0.305. The van der Waals surface area contributed by atoms with Crippen LogP contribution in [0.25, 0.3) is 22.2 Å². The van der Waals surface area contributed by atoms with Crippen molar-refractivity contribution in [2.45, 2.75) is 13.5 Å². The molecule has 4 nitrogen and oxygen atoms in total. The van der Waals surface area contributed by atoms with Crippen LogP contribution in [-0.2, 0) is 6.61 Å². The number of fused-ring (bicyclic) bond motifs is 3. The molecule has 0 unspecified atom stereocenters. The van der Waals surface area contributed by atoms with Crippen LogP contribution in [0.4, 0.5) is 4.39 Å². The largest absolute Gasteiger partial charge is 0.488 e. The van der Waals surface area contributed by atoms with Crippen LogP contribution in [0.5, 0.6) is 5.75 Å². The number of H-pyrrole nitrogens is 2. The number of halogens is 1. The third-order valence-electron chi connectivity index (χ3n) is 5.21. The zero-order chi connectivity index (χ0) is 19.3. The van der Waals surface area contributed by atoms with E-state index < -0.39 is 0 Å². The molecule has 2 N–H and O–H groups in total. The molecule has 0 saturated heterocycles. The van der Waals surface area contributed by atoms with Crippen molar-refractivity contribution in [2.75, 3.05) is 0 Å². The molecule has 1 aliphatic heterocycles. The Morgan fingerprint density at radius 2 is 1.79 bits per heavy atom. The van der Waals surface area contributed by atoms with E-state index >= 15 is 0 Å². The van der Waals surface area contributed by atoms with E-state index in [1.807, 2.05) is 43.3 Å². The van der Waals surface area contributed by atoms with Gasteiger partial charge in [0.25, 0.3) is 0 Å². The van der Waals surface area contributed by atoms with Crippen LogP contribution in [0.1, 0.15) is 29.2 Å². The average molecular weight is 372 g/mol. The minimum Gasteiger partial charge on any atom is -0.488 e. The first kappa shape index (κ1) is 16.6. The average Bonchev–Trinajstić information content (AvgIpc) is 2.99. The Hall–Kier alpha value is -3.60. The summed E-state index contributed by atoms with van der Waals surface area (Å²) in [6, 6.07) is 18.5. The van der Waals surface area contributed by atoms with Crippen LogP contribution < -0.4 is 10.4 Å². The zero-order valence-electron chi connectivity index (χ0n) is 15.2. The molecular weight excluding hydrogens is 355 g/mol. The Morgan fingerprint density at radius 3 is 2.68 bits per heavy atom. The fourth-order valence-corrected chi connectivity index (χ4v) is 3.83. The van der Waals surface area contributed by atoms with E-state index in [1.165, 1.54) is 12.1 Å². The number of aromatic amines is 2. The maximum absolute atomic E-state index is 13.9. The lowest BCUT2D eigenvalue weighted by atomic mass is 9.88. The summed E-state index contributed by atoms with van der Waals surface area (Å²) >= 11 is 0. The van der Waals surface area contributed by atoms with Crippen LogP contribution in [0.3, 0.4) is 0 Å². The molecule has 1 aromatic heterocycles. The van der Waals surface area contributed by atoms with E-state index in [9.17, 15) is 9.18 Å². The molecule has 0 aliphatic carbocycles. The first-order chi connectivity index (χ1) is 13.6. The van der Waals surface area contributed by atoms with Crippen molar-refractivity contribution >= 4 is 22.2 Å². The molecule has 0 spiro atoms. The highest BCUT2D eigenvalue weighted by Gasteiger charge is 2.22. The van der Waals surface area contributed by atoms with E-state index in [2.05, 4.69) is 16.0 Å². The van der Waals surface area contributed by atoms with Gasteiger partial charge in [-0.25, -0.2) is 9.18 Å². The van der Waals surface area contributed by atoms with E-state index in [-0.39, 0.29) is 11.5 Å². The second kappa shape index (κ2) is 6.23. The summed E-state index contributed by atoms with van der Waals surface area (Å²) in [7, 11) is 0. The van der Waals surface area contributed by atoms with Crippen molar-refractivity contribution in [1.29, 1.82) is 0 Å². The van der Waals surface area contributed by atoms with Gasteiger partial charge in [0.2, 0.25) is 0 Å². The standard InChI is InChI=1S/C23H17FN2O2/c1-13(14-6-9-19-20(10-14)26-23(27)25-19)22-17-5-3-2-4-15(17)12-28-21-11-16(24)7-8-18(21)22/h2-11H,12H2,1H3,(H2,25,26,27)/b22-13-. The van der Waals surface area contributed by atoms with E-state index in [4.69, 9.17) is 4.74 Å². The molecule has 1 aliphatic rings. The Balaban J connectivity index is 1.81. The molecule has 0 saturated carbocycles. The smallest absolute Gasteiger partial charge is 0.323 e. The quantitative estimate of drug-likeness (QED) is 0.501. The molecule has 0 radical (unpaired) electrons. The van der Waals surface area contributed by atoms with E-state index in [1.54, 1.807) is 6.07 Å². The Labute approximate surface area is 160 Å². The van der Waals surface area contributed by atoms with Gasteiger partial charge in [-0.2, -0.15) is 0 Å². The minimum absolute atomic E-state index is 0.230. The molecular formula is C23H17FN2O2. The van der Waals surface area contributed by atoms with Gasteiger partial charge >= 0.3 is 5.69 Å². The Kier molecular flexibility index (Phi) is 3.69. The SMILES string of the molecule is C/C(=C1\c2ccccc2COc2cc(F)ccc21)c1ccc2[nH]c(=O)[nH]c2c1. The lowest BCUT2D eigenvalue weighted by Gasteiger charge is -2.15. The number of nitrogens with one attached hydrogen (secondary N) is 2. The predicted octanol–water partition coefficient (Wildman–Crippen LogP) is 4.87. The molecule has 0 bridgehead atoms. The number of imidazole rings is 1.